The van der Waals surface area contributed by atoms with Gasteiger partial charge in [0.05, 0.1) is 0 Å². The van der Waals surface area contributed by atoms with E-state index in [1.165, 1.54) is 0 Å². The Kier molecular flexibility index (Phi) is 6.52. The van der Waals surface area contributed by atoms with Crippen molar-refractivity contribution >= 4 is 78.3 Å². The van der Waals surface area contributed by atoms with Crippen molar-refractivity contribution in [3.63, 3.8) is 0 Å². The molecule has 0 amide bonds. The number of benzene rings is 2. The molecule has 0 saturated carbocycles. The Morgan fingerprint density at radius 3 is 1.47 bits per heavy atom. The van der Waals surface area contributed by atoms with E-state index in [1.54, 1.807) is 0 Å². The molecule has 0 saturated heterocycles. The van der Waals surface area contributed by atoms with E-state index < -0.39 is 0 Å². The first-order valence-electron chi connectivity index (χ1n) is 4.92. The van der Waals surface area contributed by atoms with Crippen LogP contribution in [0.15, 0.2) is 60.7 Å². The van der Waals surface area contributed by atoms with E-state index in [-0.39, 0.29) is 37.7 Å². The Labute approximate surface area is 142 Å². The molecule has 2 rings (SSSR count). The molecule has 0 aliphatic carbocycles. The molecule has 0 radical (unpaired) electrons. The van der Waals surface area contributed by atoms with Crippen LogP contribution in [0.2, 0.25) is 0 Å². The van der Waals surface area contributed by atoms with Crippen molar-refractivity contribution in [2.24, 2.45) is 0 Å². The monoisotopic (exact) mass is 287 g/mol. The van der Waals surface area contributed by atoms with Gasteiger partial charge in [0.25, 0.3) is 0 Å². The maximum absolute atomic E-state index is 5.17. The minimum atomic E-state index is 0. The molecule has 0 spiro atoms. The van der Waals surface area contributed by atoms with Gasteiger partial charge in [0, 0.05) is 11.4 Å². The summed E-state index contributed by atoms with van der Waals surface area (Å²) in [5, 5.41) is 0. The molecule has 0 atom stereocenters. The van der Waals surface area contributed by atoms with Gasteiger partial charge in [0.1, 0.15) is 4.32 Å². The van der Waals surface area contributed by atoms with E-state index in [4.69, 9.17) is 12.2 Å². The fraction of sp³-hybridized carbons (Fsp3) is 0. The van der Waals surface area contributed by atoms with Crippen LogP contribution in [-0.4, -0.2) is 42.1 Å². The zero-order valence-electron chi connectivity index (χ0n) is 8.58. The zero-order valence-corrected chi connectivity index (χ0v) is 10.3. The number of hydrogen-bond acceptors (Lipinski definition) is 1. The molecule has 17 heavy (non-hydrogen) atoms. The standard InChI is InChI=1S/C13H11NS2.Ca.2H/c15-13(16)14(11-7-3-1-4-8-11)12-9-5-2-6-10-12;;;/h1-10H,(H,15,16);;;. The van der Waals surface area contributed by atoms with Crippen LogP contribution in [0, 0.1) is 0 Å². The quantitative estimate of drug-likeness (QED) is 0.513. The van der Waals surface area contributed by atoms with Crippen molar-refractivity contribution in [2.75, 3.05) is 4.90 Å². The number of thiol groups is 1. The molecule has 0 fully saturated rings. The summed E-state index contributed by atoms with van der Waals surface area (Å²) >= 11 is 9.44. The summed E-state index contributed by atoms with van der Waals surface area (Å²) in [4.78, 5) is 1.93. The number of anilines is 2. The molecule has 0 heterocycles. The fourth-order valence-electron chi connectivity index (χ4n) is 1.52. The van der Waals surface area contributed by atoms with E-state index >= 15 is 0 Å². The Balaban J connectivity index is 0.00000144. The first-order chi connectivity index (χ1) is 7.79. The minimum absolute atomic E-state index is 0. The molecule has 0 aliphatic rings. The van der Waals surface area contributed by atoms with Crippen molar-refractivity contribution in [2.45, 2.75) is 0 Å². The SMILES string of the molecule is S=C(S)N(c1ccccc1)c1ccccc1.[CaH2]. The van der Waals surface area contributed by atoms with Gasteiger partial charge >= 0.3 is 37.7 Å². The summed E-state index contributed by atoms with van der Waals surface area (Å²) in [6.45, 7) is 0. The summed E-state index contributed by atoms with van der Waals surface area (Å²) < 4.78 is 0.539. The maximum atomic E-state index is 5.17. The fourth-order valence-corrected chi connectivity index (χ4v) is 1.97. The normalized spacial score (nSPS) is 9.24. The Hall–Kier alpha value is -0.0603. The molecule has 0 unspecified atom stereocenters. The molecule has 2 aromatic rings. The third kappa shape index (κ3) is 3.97. The third-order valence-electron chi connectivity index (χ3n) is 2.22. The van der Waals surface area contributed by atoms with Crippen molar-refractivity contribution in [1.29, 1.82) is 0 Å². The van der Waals surface area contributed by atoms with Gasteiger partial charge in [-0.3, -0.25) is 4.90 Å². The van der Waals surface area contributed by atoms with Crippen LogP contribution in [0.5, 0.6) is 0 Å². The summed E-state index contributed by atoms with van der Waals surface area (Å²) in [6, 6.07) is 19.9. The Morgan fingerprint density at radius 1 is 0.824 bits per heavy atom. The van der Waals surface area contributed by atoms with Crippen molar-refractivity contribution in [3.8, 4) is 0 Å². The Morgan fingerprint density at radius 2 is 1.18 bits per heavy atom. The molecule has 0 N–H and O–H groups in total. The van der Waals surface area contributed by atoms with Gasteiger partial charge < -0.3 is 0 Å². The van der Waals surface area contributed by atoms with Crippen molar-refractivity contribution in [3.05, 3.63) is 60.7 Å². The second kappa shape index (κ2) is 7.39. The summed E-state index contributed by atoms with van der Waals surface area (Å²) in [6.07, 6.45) is 0. The molecule has 2 aromatic carbocycles. The first kappa shape index (κ1) is 15.0. The molecule has 0 aromatic heterocycles. The van der Waals surface area contributed by atoms with E-state index in [9.17, 15) is 0 Å². The van der Waals surface area contributed by atoms with Gasteiger partial charge in [-0.15, -0.1) is 12.6 Å². The van der Waals surface area contributed by atoms with E-state index in [1.807, 2.05) is 65.6 Å². The summed E-state index contributed by atoms with van der Waals surface area (Å²) in [5.41, 5.74) is 2.04. The number of nitrogens with zero attached hydrogens (tertiary/aromatic N) is 1. The molecular formula is C13H13CaNS2. The van der Waals surface area contributed by atoms with Gasteiger partial charge in [-0.2, -0.15) is 0 Å². The number of thiocarbonyl (C=S) groups is 1. The third-order valence-corrected chi connectivity index (χ3v) is 2.60. The zero-order chi connectivity index (χ0) is 11.4. The van der Waals surface area contributed by atoms with Crippen LogP contribution in [0.1, 0.15) is 0 Å². The van der Waals surface area contributed by atoms with Crippen LogP contribution >= 0.6 is 24.8 Å². The van der Waals surface area contributed by atoms with Crippen LogP contribution < -0.4 is 4.90 Å². The van der Waals surface area contributed by atoms with E-state index in [2.05, 4.69) is 12.6 Å². The molecule has 0 aliphatic heterocycles. The van der Waals surface area contributed by atoms with Gasteiger partial charge in [-0.1, -0.05) is 48.6 Å². The van der Waals surface area contributed by atoms with Crippen LogP contribution in [0.3, 0.4) is 0 Å². The van der Waals surface area contributed by atoms with Crippen molar-refractivity contribution in [1.82, 2.24) is 0 Å². The second-order valence-corrected chi connectivity index (χ2v) is 4.40. The topological polar surface area (TPSA) is 3.24 Å². The van der Waals surface area contributed by atoms with Crippen LogP contribution in [0.25, 0.3) is 0 Å². The van der Waals surface area contributed by atoms with Crippen LogP contribution in [0.4, 0.5) is 11.4 Å². The molecule has 4 heteroatoms. The van der Waals surface area contributed by atoms with Crippen molar-refractivity contribution < 1.29 is 0 Å². The number of hydrogen-bond donors (Lipinski definition) is 1. The number of rotatable bonds is 2. The summed E-state index contributed by atoms with van der Waals surface area (Å²) in [5.74, 6) is 0. The van der Waals surface area contributed by atoms with Gasteiger partial charge in [0.15, 0.2) is 0 Å². The molecular weight excluding hydrogens is 274 g/mol. The molecule has 0 bridgehead atoms. The number of para-hydroxylation sites is 2. The predicted octanol–water partition coefficient (Wildman–Crippen LogP) is 3.12. The van der Waals surface area contributed by atoms with E-state index in [0.717, 1.165) is 11.4 Å². The first-order valence-corrected chi connectivity index (χ1v) is 5.78. The summed E-state index contributed by atoms with van der Waals surface area (Å²) in [7, 11) is 0. The van der Waals surface area contributed by atoms with Gasteiger partial charge in [-0.25, -0.2) is 0 Å². The second-order valence-electron chi connectivity index (χ2n) is 3.29. The molecule has 84 valence electrons. The van der Waals surface area contributed by atoms with Crippen LogP contribution in [-0.2, 0) is 0 Å². The average Bonchev–Trinajstić information content (AvgIpc) is 2.31. The molecule has 1 nitrogen and oxygen atoms in total. The van der Waals surface area contributed by atoms with Gasteiger partial charge in [0.2, 0.25) is 0 Å². The Bertz CT molecular complexity index is 434. The van der Waals surface area contributed by atoms with Gasteiger partial charge in [-0.05, 0) is 24.3 Å². The average molecular weight is 287 g/mol. The van der Waals surface area contributed by atoms with E-state index in [0.29, 0.717) is 4.32 Å². The predicted molar refractivity (Wildman–Crippen MR) is 85.2 cm³/mol.